The van der Waals surface area contributed by atoms with Crippen molar-refractivity contribution < 1.29 is 9.53 Å². The monoisotopic (exact) mass is 232 g/mol. The van der Waals surface area contributed by atoms with Crippen LogP contribution in [0.3, 0.4) is 0 Å². The molecule has 5 heteroatoms. The number of unbranched alkanes of at least 4 members (excludes halogenated alkanes) is 1. The van der Waals surface area contributed by atoms with Gasteiger partial charge in [0.1, 0.15) is 5.54 Å². The summed E-state index contributed by atoms with van der Waals surface area (Å²) in [6, 6.07) is 0. The lowest BCUT2D eigenvalue weighted by Gasteiger charge is -2.20. The minimum atomic E-state index is -0.778. The van der Waals surface area contributed by atoms with Crippen molar-refractivity contribution in [2.75, 3.05) is 31.8 Å². The zero-order chi connectivity index (χ0) is 11.1. The average Bonchev–Trinajstić information content (AvgIpc) is 2.66. The van der Waals surface area contributed by atoms with Crippen LogP contribution in [-0.2, 0) is 9.53 Å². The summed E-state index contributed by atoms with van der Waals surface area (Å²) in [6.07, 6.45) is 4.87. The van der Waals surface area contributed by atoms with Crippen molar-refractivity contribution in [3.8, 4) is 0 Å². The SMILES string of the molecule is CSCCCCNC(=O)C1(N)CCOC1. The summed E-state index contributed by atoms with van der Waals surface area (Å²) in [6.45, 7) is 1.67. The molecule has 1 unspecified atom stereocenters. The van der Waals surface area contributed by atoms with Crippen molar-refractivity contribution in [3.63, 3.8) is 0 Å². The highest BCUT2D eigenvalue weighted by Gasteiger charge is 2.37. The lowest BCUT2D eigenvalue weighted by Crippen LogP contribution is -2.54. The molecule has 1 fully saturated rings. The molecule has 0 aromatic carbocycles. The highest BCUT2D eigenvalue weighted by Crippen LogP contribution is 2.15. The Morgan fingerprint density at radius 1 is 1.60 bits per heavy atom. The van der Waals surface area contributed by atoms with E-state index in [0.29, 0.717) is 19.6 Å². The number of hydrogen-bond donors (Lipinski definition) is 2. The van der Waals surface area contributed by atoms with E-state index in [4.69, 9.17) is 10.5 Å². The summed E-state index contributed by atoms with van der Waals surface area (Å²) in [5.41, 5.74) is 5.12. The van der Waals surface area contributed by atoms with E-state index in [1.54, 1.807) is 0 Å². The molecule has 0 aliphatic carbocycles. The van der Waals surface area contributed by atoms with Crippen LogP contribution in [0.5, 0.6) is 0 Å². The first-order valence-corrected chi connectivity index (χ1v) is 6.72. The van der Waals surface area contributed by atoms with Gasteiger partial charge in [0.25, 0.3) is 0 Å². The maximum atomic E-state index is 11.7. The molecule has 1 aliphatic rings. The third-order valence-electron chi connectivity index (χ3n) is 2.57. The second kappa shape index (κ2) is 6.35. The number of nitrogens with one attached hydrogen (secondary N) is 1. The van der Waals surface area contributed by atoms with Crippen LogP contribution in [0, 0.1) is 0 Å². The van der Waals surface area contributed by atoms with Crippen molar-refractivity contribution in [2.45, 2.75) is 24.8 Å². The van der Waals surface area contributed by atoms with Crippen LogP contribution in [0.25, 0.3) is 0 Å². The molecule has 0 aromatic rings. The Balaban J connectivity index is 2.12. The molecule has 1 rings (SSSR count). The third-order valence-corrected chi connectivity index (χ3v) is 3.26. The molecule has 0 bridgehead atoms. The van der Waals surface area contributed by atoms with Crippen LogP contribution in [0.2, 0.25) is 0 Å². The number of thioether (sulfide) groups is 1. The highest BCUT2D eigenvalue weighted by molar-refractivity contribution is 7.98. The molecule has 1 amide bonds. The molecule has 0 spiro atoms. The second-order valence-corrected chi connectivity index (χ2v) is 4.90. The zero-order valence-electron chi connectivity index (χ0n) is 9.25. The maximum Gasteiger partial charge on any atom is 0.242 e. The van der Waals surface area contributed by atoms with Crippen molar-refractivity contribution in [1.82, 2.24) is 5.32 Å². The Bertz CT molecular complexity index is 206. The van der Waals surface area contributed by atoms with Crippen molar-refractivity contribution in [3.05, 3.63) is 0 Å². The van der Waals surface area contributed by atoms with E-state index in [-0.39, 0.29) is 5.91 Å². The van der Waals surface area contributed by atoms with E-state index < -0.39 is 5.54 Å². The van der Waals surface area contributed by atoms with E-state index in [9.17, 15) is 4.79 Å². The lowest BCUT2D eigenvalue weighted by atomic mass is 9.99. The molecule has 4 nitrogen and oxygen atoms in total. The third kappa shape index (κ3) is 4.01. The molecule has 0 aromatic heterocycles. The number of amides is 1. The van der Waals surface area contributed by atoms with Crippen molar-refractivity contribution in [2.24, 2.45) is 5.73 Å². The van der Waals surface area contributed by atoms with Gasteiger partial charge < -0.3 is 15.8 Å². The lowest BCUT2D eigenvalue weighted by molar-refractivity contribution is -0.126. The molecule has 0 saturated carbocycles. The quantitative estimate of drug-likeness (QED) is 0.649. The van der Waals surface area contributed by atoms with Crippen molar-refractivity contribution >= 4 is 17.7 Å². The van der Waals surface area contributed by atoms with Gasteiger partial charge in [0.15, 0.2) is 0 Å². The smallest absolute Gasteiger partial charge is 0.242 e. The molecule has 1 saturated heterocycles. The summed E-state index contributed by atoms with van der Waals surface area (Å²) in [5.74, 6) is 1.08. The zero-order valence-corrected chi connectivity index (χ0v) is 10.1. The predicted molar refractivity (Wildman–Crippen MR) is 63.0 cm³/mol. The topological polar surface area (TPSA) is 64.4 Å². The molecule has 88 valence electrons. The average molecular weight is 232 g/mol. The van der Waals surface area contributed by atoms with Crippen LogP contribution in [0.4, 0.5) is 0 Å². The van der Waals surface area contributed by atoms with Gasteiger partial charge in [-0.1, -0.05) is 0 Å². The Kier molecular flexibility index (Phi) is 5.42. The van der Waals surface area contributed by atoms with Gasteiger partial charge >= 0.3 is 0 Å². The number of rotatable bonds is 6. The first-order chi connectivity index (χ1) is 7.19. The molecule has 15 heavy (non-hydrogen) atoms. The molecule has 1 aliphatic heterocycles. The van der Waals surface area contributed by atoms with Gasteiger partial charge in [0, 0.05) is 13.2 Å². The van der Waals surface area contributed by atoms with Crippen LogP contribution < -0.4 is 11.1 Å². The Hall–Kier alpha value is -0.260. The predicted octanol–water partition coefficient (Wildman–Crippen LogP) is 0.364. The summed E-state index contributed by atoms with van der Waals surface area (Å²) in [5, 5.41) is 2.87. The molecule has 1 heterocycles. The summed E-state index contributed by atoms with van der Waals surface area (Å²) < 4.78 is 5.14. The Labute approximate surface area is 95.3 Å². The largest absolute Gasteiger partial charge is 0.379 e. The Morgan fingerprint density at radius 2 is 2.40 bits per heavy atom. The van der Waals surface area contributed by atoms with Gasteiger partial charge in [-0.3, -0.25) is 4.79 Å². The van der Waals surface area contributed by atoms with Gasteiger partial charge in [0.05, 0.1) is 6.61 Å². The normalized spacial score (nSPS) is 25.5. The summed E-state index contributed by atoms with van der Waals surface area (Å²) in [7, 11) is 0. The minimum absolute atomic E-state index is 0.0656. The van der Waals surface area contributed by atoms with Crippen LogP contribution in [0.1, 0.15) is 19.3 Å². The standard InChI is InChI=1S/C10H20N2O2S/c1-15-7-3-2-5-12-9(13)10(11)4-6-14-8-10/h2-8,11H2,1H3,(H,12,13). The number of nitrogens with two attached hydrogens (primary N) is 1. The number of carbonyl (C=O) groups is 1. The van der Waals surface area contributed by atoms with E-state index in [0.717, 1.165) is 25.1 Å². The van der Waals surface area contributed by atoms with E-state index in [1.807, 2.05) is 11.8 Å². The molecular formula is C10H20N2O2S. The van der Waals surface area contributed by atoms with E-state index in [2.05, 4.69) is 11.6 Å². The summed E-state index contributed by atoms with van der Waals surface area (Å²) in [4.78, 5) is 11.7. The van der Waals surface area contributed by atoms with Gasteiger partial charge in [-0.25, -0.2) is 0 Å². The first kappa shape index (κ1) is 12.8. The van der Waals surface area contributed by atoms with Gasteiger partial charge in [-0.2, -0.15) is 11.8 Å². The van der Waals surface area contributed by atoms with Crippen LogP contribution >= 0.6 is 11.8 Å². The number of carbonyl (C=O) groups excluding carboxylic acids is 1. The second-order valence-electron chi connectivity index (χ2n) is 3.91. The van der Waals surface area contributed by atoms with Gasteiger partial charge in [-0.15, -0.1) is 0 Å². The van der Waals surface area contributed by atoms with Crippen LogP contribution in [-0.4, -0.2) is 43.2 Å². The minimum Gasteiger partial charge on any atom is -0.379 e. The fourth-order valence-corrected chi connectivity index (χ4v) is 2.00. The van der Waals surface area contributed by atoms with Gasteiger partial charge in [-0.05, 0) is 31.3 Å². The van der Waals surface area contributed by atoms with Gasteiger partial charge in [0.2, 0.25) is 5.91 Å². The van der Waals surface area contributed by atoms with E-state index >= 15 is 0 Å². The van der Waals surface area contributed by atoms with Crippen LogP contribution in [0.15, 0.2) is 0 Å². The highest BCUT2D eigenvalue weighted by atomic mass is 32.2. The van der Waals surface area contributed by atoms with E-state index in [1.165, 1.54) is 0 Å². The van der Waals surface area contributed by atoms with Crippen molar-refractivity contribution in [1.29, 1.82) is 0 Å². The fourth-order valence-electron chi connectivity index (χ4n) is 1.51. The molecule has 0 radical (unpaired) electrons. The number of hydrogen-bond acceptors (Lipinski definition) is 4. The Morgan fingerprint density at radius 3 is 3.00 bits per heavy atom. The maximum absolute atomic E-state index is 11.7. The number of ether oxygens (including phenoxy) is 1. The first-order valence-electron chi connectivity index (χ1n) is 5.33. The fraction of sp³-hybridized carbons (Fsp3) is 0.900. The molecule has 1 atom stereocenters. The summed E-state index contributed by atoms with van der Waals surface area (Å²) >= 11 is 1.83. The molecule has 3 N–H and O–H groups in total. The molecular weight excluding hydrogens is 212 g/mol.